The van der Waals surface area contributed by atoms with Gasteiger partial charge in [0.25, 0.3) is 5.91 Å². The number of alkyl halides is 3. The van der Waals surface area contributed by atoms with E-state index in [-0.39, 0.29) is 37.2 Å². The third kappa shape index (κ3) is 5.66. The first-order valence-corrected chi connectivity index (χ1v) is 11.4. The molecule has 1 fully saturated rings. The van der Waals surface area contributed by atoms with E-state index in [9.17, 15) is 22.8 Å². The zero-order valence-corrected chi connectivity index (χ0v) is 19.8. The Morgan fingerprint density at radius 3 is 2.31 bits per heavy atom. The number of halogens is 4. The predicted molar refractivity (Wildman–Crippen MR) is 134 cm³/mol. The van der Waals surface area contributed by atoms with E-state index >= 15 is 0 Å². The van der Waals surface area contributed by atoms with Crippen molar-refractivity contribution in [3.05, 3.63) is 71.2 Å². The van der Waals surface area contributed by atoms with Crippen LogP contribution in [0.25, 0.3) is 10.8 Å². The number of carbonyl (C=O) groups is 2. The van der Waals surface area contributed by atoms with Gasteiger partial charge in [-0.1, -0.05) is 48.0 Å². The smallest absolute Gasteiger partial charge is 0.367 e. The summed E-state index contributed by atoms with van der Waals surface area (Å²) in [5.74, 6) is -2.19. The van der Waals surface area contributed by atoms with Gasteiger partial charge in [-0.25, -0.2) is 0 Å². The van der Waals surface area contributed by atoms with Crippen LogP contribution in [0.4, 0.5) is 24.5 Å². The lowest BCUT2D eigenvalue weighted by atomic mass is 10.0. The molecule has 1 heterocycles. The Labute approximate surface area is 209 Å². The van der Waals surface area contributed by atoms with Crippen molar-refractivity contribution in [3.8, 4) is 0 Å². The van der Waals surface area contributed by atoms with E-state index in [4.69, 9.17) is 23.8 Å². The number of rotatable bonds is 3. The van der Waals surface area contributed by atoms with Gasteiger partial charge in [-0.05, 0) is 47.3 Å². The predicted octanol–water partition coefficient (Wildman–Crippen LogP) is 4.83. The zero-order chi connectivity index (χ0) is 25.2. The summed E-state index contributed by atoms with van der Waals surface area (Å²) in [6.45, 7) is 0.319. The maximum Gasteiger partial charge on any atom is 0.471 e. The molecule has 0 unspecified atom stereocenters. The average Bonchev–Trinajstić information content (AvgIpc) is 2.83. The van der Waals surface area contributed by atoms with E-state index in [2.05, 4.69) is 10.6 Å². The second-order valence-electron chi connectivity index (χ2n) is 7.88. The Morgan fingerprint density at radius 2 is 1.63 bits per heavy atom. The average molecular weight is 521 g/mol. The number of benzene rings is 3. The molecule has 6 nitrogen and oxygen atoms in total. The number of carbonyl (C=O) groups excluding carboxylic acids is 2. The molecule has 1 aliphatic heterocycles. The minimum absolute atomic E-state index is 0.0566. The van der Waals surface area contributed by atoms with Crippen molar-refractivity contribution in [1.82, 2.24) is 10.2 Å². The number of thiocarbonyl (C=S) groups is 1. The summed E-state index contributed by atoms with van der Waals surface area (Å²) in [7, 11) is 0. The largest absolute Gasteiger partial charge is 0.471 e. The molecule has 0 saturated carbocycles. The Hall–Kier alpha value is -3.37. The summed E-state index contributed by atoms with van der Waals surface area (Å²) in [5, 5.41) is 7.76. The van der Waals surface area contributed by atoms with Crippen LogP contribution >= 0.6 is 23.8 Å². The van der Waals surface area contributed by atoms with Crippen LogP contribution in [0.15, 0.2) is 60.7 Å². The summed E-state index contributed by atoms with van der Waals surface area (Å²) in [5.41, 5.74) is 1.65. The summed E-state index contributed by atoms with van der Waals surface area (Å²) < 4.78 is 37.9. The van der Waals surface area contributed by atoms with Crippen LogP contribution in [0.2, 0.25) is 5.02 Å². The van der Waals surface area contributed by atoms with Crippen LogP contribution < -0.4 is 15.5 Å². The highest BCUT2D eigenvalue weighted by molar-refractivity contribution is 7.80. The van der Waals surface area contributed by atoms with E-state index < -0.39 is 12.1 Å². The van der Waals surface area contributed by atoms with E-state index in [0.717, 1.165) is 15.7 Å². The van der Waals surface area contributed by atoms with E-state index in [1.165, 1.54) is 0 Å². The van der Waals surface area contributed by atoms with Crippen molar-refractivity contribution in [3.63, 3.8) is 0 Å². The van der Waals surface area contributed by atoms with Crippen LogP contribution in [0.1, 0.15) is 10.4 Å². The Balaban J connectivity index is 1.37. The molecule has 4 rings (SSSR count). The number of piperazine rings is 1. The van der Waals surface area contributed by atoms with Crippen molar-refractivity contribution >= 4 is 62.9 Å². The lowest BCUT2D eigenvalue weighted by Gasteiger charge is -2.36. The highest BCUT2D eigenvalue weighted by atomic mass is 35.5. The summed E-state index contributed by atoms with van der Waals surface area (Å²) in [6.07, 6.45) is -4.88. The fraction of sp³-hybridized carbons (Fsp3) is 0.208. The van der Waals surface area contributed by atoms with Gasteiger partial charge in [0.1, 0.15) is 0 Å². The molecular weight excluding hydrogens is 501 g/mol. The molecular formula is C24H20ClF3N4O2S. The van der Waals surface area contributed by atoms with E-state index in [1.807, 2.05) is 35.2 Å². The van der Waals surface area contributed by atoms with Gasteiger partial charge in [0.15, 0.2) is 5.11 Å². The number of fused-ring (bicyclic) bond motifs is 1. The fourth-order valence-corrected chi connectivity index (χ4v) is 4.44. The van der Waals surface area contributed by atoms with Gasteiger partial charge < -0.3 is 15.1 Å². The summed E-state index contributed by atoms with van der Waals surface area (Å²) in [4.78, 5) is 26.8. The molecule has 3 aromatic rings. The molecule has 1 aliphatic rings. The number of anilines is 2. The van der Waals surface area contributed by atoms with Gasteiger partial charge in [0.2, 0.25) is 0 Å². The molecule has 0 atom stereocenters. The highest BCUT2D eigenvalue weighted by Gasteiger charge is 2.43. The molecule has 1 saturated heterocycles. The fourth-order valence-electron chi connectivity index (χ4n) is 3.93. The Bertz CT molecular complexity index is 1290. The Morgan fingerprint density at radius 1 is 0.943 bits per heavy atom. The number of hydrogen-bond acceptors (Lipinski definition) is 4. The lowest BCUT2D eigenvalue weighted by molar-refractivity contribution is -0.185. The highest BCUT2D eigenvalue weighted by Crippen LogP contribution is 2.30. The van der Waals surface area contributed by atoms with Crippen molar-refractivity contribution in [1.29, 1.82) is 0 Å². The molecule has 0 radical (unpaired) electrons. The molecule has 11 heteroatoms. The van der Waals surface area contributed by atoms with Crippen molar-refractivity contribution in [2.75, 3.05) is 36.4 Å². The molecule has 0 spiro atoms. The maximum absolute atomic E-state index is 12.8. The lowest BCUT2D eigenvalue weighted by Crippen LogP contribution is -2.52. The van der Waals surface area contributed by atoms with Crippen molar-refractivity contribution in [2.24, 2.45) is 0 Å². The number of nitrogens with zero attached hydrogens (tertiary/aromatic N) is 2. The number of hydrogen-bond donors (Lipinski definition) is 2. The van der Waals surface area contributed by atoms with Crippen LogP contribution in [0, 0.1) is 0 Å². The van der Waals surface area contributed by atoms with Crippen LogP contribution in [0.3, 0.4) is 0 Å². The quantitative estimate of drug-likeness (QED) is 0.484. The summed E-state index contributed by atoms with van der Waals surface area (Å²) >= 11 is 11.7. The zero-order valence-electron chi connectivity index (χ0n) is 18.2. The van der Waals surface area contributed by atoms with Gasteiger partial charge in [-0.3, -0.25) is 14.9 Å². The van der Waals surface area contributed by atoms with Gasteiger partial charge in [-0.15, -0.1) is 0 Å². The van der Waals surface area contributed by atoms with E-state index in [1.54, 1.807) is 30.3 Å². The first kappa shape index (κ1) is 24.7. The second kappa shape index (κ2) is 10.1. The second-order valence-corrected chi connectivity index (χ2v) is 8.69. The topological polar surface area (TPSA) is 64.7 Å². The molecule has 2 N–H and O–H groups in total. The minimum Gasteiger partial charge on any atom is -0.367 e. The Kier molecular flexibility index (Phi) is 7.13. The van der Waals surface area contributed by atoms with Gasteiger partial charge in [0.05, 0.1) is 10.7 Å². The first-order chi connectivity index (χ1) is 16.6. The van der Waals surface area contributed by atoms with Gasteiger partial charge in [0, 0.05) is 37.4 Å². The maximum atomic E-state index is 12.8. The van der Waals surface area contributed by atoms with Crippen molar-refractivity contribution in [2.45, 2.75) is 6.18 Å². The third-order valence-corrected chi connectivity index (χ3v) is 6.12. The number of amides is 2. The molecule has 182 valence electrons. The normalized spacial score (nSPS) is 14.1. The van der Waals surface area contributed by atoms with Crippen LogP contribution in [0.5, 0.6) is 0 Å². The third-order valence-electron chi connectivity index (χ3n) is 5.62. The molecule has 0 bridgehead atoms. The molecule has 35 heavy (non-hydrogen) atoms. The van der Waals surface area contributed by atoms with Gasteiger partial charge >= 0.3 is 12.1 Å². The molecule has 0 aromatic heterocycles. The standard InChI is InChI=1S/C24H20ClF3N4O2S/c25-19-14-16(8-9-20(19)31-10-12-32(13-11-31)22(34)24(26,27)28)29-23(35)30-21(33)18-7-3-5-15-4-1-2-6-17(15)18/h1-9,14H,10-13H2,(H2,29,30,33,35). The molecule has 0 aliphatic carbocycles. The van der Waals surface area contributed by atoms with Crippen LogP contribution in [-0.4, -0.2) is 54.2 Å². The van der Waals surface area contributed by atoms with Crippen LogP contribution in [-0.2, 0) is 4.79 Å². The van der Waals surface area contributed by atoms with Gasteiger partial charge in [-0.2, -0.15) is 13.2 Å². The minimum atomic E-state index is -4.88. The molecule has 3 aromatic carbocycles. The first-order valence-electron chi connectivity index (χ1n) is 10.6. The monoisotopic (exact) mass is 520 g/mol. The van der Waals surface area contributed by atoms with E-state index in [0.29, 0.717) is 22.0 Å². The SMILES string of the molecule is O=C(NC(=S)Nc1ccc(N2CCN(C(=O)C(F)(F)F)CC2)c(Cl)c1)c1cccc2ccccc12. The van der Waals surface area contributed by atoms with Crippen molar-refractivity contribution < 1.29 is 22.8 Å². The molecule has 2 amide bonds. The number of nitrogens with one attached hydrogen (secondary N) is 2. The summed E-state index contributed by atoms with van der Waals surface area (Å²) in [6, 6.07) is 18.0.